The molecule has 0 bridgehead atoms. The Morgan fingerprint density at radius 2 is 1.96 bits per heavy atom. The lowest BCUT2D eigenvalue weighted by atomic mass is 10.2. The van der Waals surface area contributed by atoms with Gasteiger partial charge in [-0.15, -0.1) is 10.1 Å². The van der Waals surface area contributed by atoms with Crippen LogP contribution >= 0.6 is 0 Å². The Hall–Kier alpha value is -1.90. The Labute approximate surface area is 141 Å². The predicted octanol–water partition coefficient (Wildman–Crippen LogP) is 1.54. The van der Waals surface area contributed by atoms with E-state index in [1.807, 2.05) is 38.1 Å². The van der Waals surface area contributed by atoms with Crippen LogP contribution in [0.5, 0.6) is 5.75 Å². The van der Waals surface area contributed by atoms with Gasteiger partial charge in [0.05, 0.1) is 13.2 Å². The number of aliphatic hydroxyl groups excluding tert-OH is 1. The van der Waals surface area contributed by atoms with Crippen LogP contribution in [0.1, 0.15) is 25.8 Å². The first-order chi connectivity index (χ1) is 11.5. The van der Waals surface area contributed by atoms with Crippen LogP contribution in [0.2, 0.25) is 0 Å². The minimum Gasteiger partial charge on any atom is -0.491 e. The number of rotatable bonds is 13. The van der Waals surface area contributed by atoms with Crippen molar-refractivity contribution in [2.45, 2.75) is 39.0 Å². The van der Waals surface area contributed by atoms with Crippen LogP contribution in [-0.4, -0.2) is 48.7 Å². The van der Waals surface area contributed by atoms with E-state index < -0.39 is 11.2 Å². The number of aliphatic hydroxyl groups is 1. The van der Waals surface area contributed by atoms with Gasteiger partial charge in [-0.2, -0.15) is 0 Å². The van der Waals surface area contributed by atoms with E-state index >= 15 is 0 Å². The Bertz CT molecular complexity index is 466. The molecule has 8 heteroatoms. The van der Waals surface area contributed by atoms with Gasteiger partial charge < -0.3 is 24.7 Å². The maximum atomic E-state index is 9.96. The van der Waals surface area contributed by atoms with Crippen LogP contribution < -0.4 is 10.1 Å². The normalized spacial score (nSPS) is 12.2. The van der Waals surface area contributed by atoms with Crippen molar-refractivity contribution >= 4 is 0 Å². The zero-order valence-corrected chi connectivity index (χ0v) is 14.1. The fourth-order valence-electron chi connectivity index (χ4n) is 1.80. The number of hydrogen-bond donors (Lipinski definition) is 2. The van der Waals surface area contributed by atoms with E-state index in [1.165, 1.54) is 0 Å². The third-order valence-corrected chi connectivity index (χ3v) is 3.03. The van der Waals surface area contributed by atoms with Crippen molar-refractivity contribution in [3.05, 3.63) is 39.9 Å². The SMILES string of the molecule is CC(C)NCC(O)COc1ccc(COCCCO[N+](=O)[O-])cc1. The molecule has 0 amide bonds. The number of benzene rings is 1. The Morgan fingerprint density at radius 1 is 1.25 bits per heavy atom. The first-order valence-electron chi connectivity index (χ1n) is 7.95. The summed E-state index contributed by atoms with van der Waals surface area (Å²) in [6.45, 7) is 5.60. The fraction of sp³-hybridized carbons (Fsp3) is 0.625. The van der Waals surface area contributed by atoms with E-state index in [0.717, 1.165) is 5.56 Å². The van der Waals surface area contributed by atoms with Crippen LogP contribution in [-0.2, 0) is 16.2 Å². The van der Waals surface area contributed by atoms with E-state index in [0.29, 0.717) is 38.0 Å². The first-order valence-corrected chi connectivity index (χ1v) is 7.95. The molecule has 0 saturated heterocycles. The lowest BCUT2D eigenvalue weighted by Gasteiger charge is -2.15. The first kappa shape index (κ1) is 20.1. The minimum absolute atomic E-state index is 0.0355. The van der Waals surface area contributed by atoms with Crippen LogP contribution in [0.15, 0.2) is 24.3 Å². The van der Waals surface area contributed by atoms with Crippen molar-refractivity contribution < 1.29 is 24.5 Å². The third kappa shape index (κ3) is 9.98. The van der Waals surface area contributed by atoms with Crippen LogP contribution in [0.4, 0.5) is 0 Å². The summed E-state index contributed by atoms with van der Waals surface area (Å²) < 4.78 is 10.9. The summed E-state index contributed by atoms with van der Waals surface area (Å²) in [7, 11) is 0. The lowest BCUT2D eigenvalue weighted by molar-refractivity contribution is -0.757. The molecule has 0 spiro atoms. The Balaban J connectivity index is 2.17. The number of nitrogens with one attached hydrogen (secondary N) is 1. The van der Waals surface area contributed by atoms with Crippen molar-refractivity contribution in [3.63, 3.8) is 0 Å². The van der Waals surface area contributed by atoms with Gasteiger partial charge in [0.2, 0.25) is 0 Å². The molecule has 24 heavy (non-hydrogen) atoms. The van der Waals surface area contributed by atoms with Gasteiger partial charge in [-0.05, 0) is 24.1 Å². The smallest absolute Gasteiger partial charge is 0.294 e. The van der Waals surface area contributed by atoms with Crippen LogP contribution in [0.3, 0.4) is 0 Å². The van der Waals surface area contributed by atoms with Gasteiger partial charge in [-0.25, -0.2) is 0 Å². The fourth-order valence-corrected chi connectivity index (χ4v) is 1.80. The quantitative estimate of drug-likeness (QED) is 0.318. The lowest BCUT2D eigenvalue weighted by Crippen LogP contribution is -2.35. The van der Waals surface area contributed by atoms with Crippen molar-refractivity contribution in [2.75, 3.05) is 26.4 Å². The summed E-state index contributed by atoms with van der Waals surface area (Å²) in [5, 5.41) is 22.1. The highest BCUT2D eigenvalue weighted by molar-refractivity contribution is 5.26. The molecule has 1 rings (SSSR count). The second-order valence-corrected chi connectivity index (χ2v) is 5.63. The molecule has 0 saturated carbocycles. The molecule has 1 aromatic carbocycles. The Morgan fingerprint density at radius 3 is 2.58 bits per heavy atom. The molecule has 0 heterocycles. The second-order valence-electron chi connectivity index (χ2n) is 5.63. The summed E-state index contributed by atoms with van der Waals surface area (Å²) in [6, 6.07) is 7.71. The van der Waals surface area contributed by atoms with E-state index in [2.05, 4.69) is 10.2 Å². The molecule has 1 unspecified atom stereocenters. The van der Waals surface area contributed by atoms with Gasteiger partial charge in [0, 0.05) is 19.2 Å². The highest BCUT2D eigenvalue weighted by atomic mass is 16.9. The standard InChI is InChI=1S/C16H26N2O6/c1-13(2)17-10-15(19)12-23-16-6-4-14(5-7-16)11-22-8-3-9-24-18(20)21/h4-7,13,15,17,19H,3,8-12H2,1-2H3. The summed E-state index contributed by atoms with van der Waals surface area (Å²) in [5.41, 5.74) is 0.972. The molecule has 2 N–H and O–H groups in total. The van der Waals surface area contributed by atoms with Crippen LogP contribution in [0, 0.1) is 10.1 Å². The van der Waals surface area contributed by atoms with E-state index in [-0.39, 0.29) is 13.2 Å². The molecule has 0 aliphatic rings. The van der Waals surface area contributed by atoms with E-state index in [1.54, 1.807) is 0 Å². The summed E-state index contributed by atoms with van der Waals surface area (Å²) in [4.78, 5) is 14.1. The summed E-state index contributed by atoms with van der Waals surface area (Å²) in [5.74, 6) is 0.682. The molecule has 8 nitrogen and oxygen atoms in total. The van der Waals surface area contributed by atoms with Gasteiger partial charge in [0.1, 0.15) is 18.5 Å². The van der Waals surface area contributed by atoms with E-state index in [9.17, 15) is 15.2 Å². The molecule has 0 aromatic heterocycles. The molecule has 0 radical (unpaired) electrons. The molecular formula is C16H26N2O6. The largest absolute Gasteiger partial charge is 0.491 e. The summed E-state index contributed by atoms with van der Waals surface area (Å²) in [6.07, 6.45) is -0.0958. The molecule has 136 valence electrons. The maximum absolute atomic E-state index is 9.96. The Kier molecular flexibility index (Phi) is 9.74. The van der Waals surface area contributed by atoms with Crippen molar-refractivity contribution in [1.29, 1.82) is 0 Å². The van der Waals surface area contributed by atoms with Gasteiger partial charge in [-0.3, -0.25) is 0 Å². The average molecular weight is 342 g/mol. The second kappa shape index (κ2) is 11.6. The number of hydrogen-bond acceptors (Lipinski definition) is 7. The van der Waals surface area contributed by atoms with Crippen molar-refractivity contribution in [2.24, 2.45) is 0 Å². The summed E-state index contributed by atoms with van der Waals surface area (Å²) >= 11 is 0. The molecule has 1 aromatic rings. The molecule has 0 aliphatic carbocycles. The molecule has 1 atom stereocenters. The number of nitrogens with zero attached hydrogens (tertiary/aromatic N) is 1. The number of ether oxygens (including phenoxy) is 2. The van der Waals surface area contributed by atoms with Crippen molar-refractivity contribution in [1.82, 2.24) is 5.32 Å². The van der Waals surface area contributed by atoms with Gasteiger partial charge >= 0.3 is 0 Å². The van der Waals surface area contributed by atoms with Gasteiger partial charge in [-0.1, -0.05) is 26.0 Å². The minimum atomic E-state index is -0.811. The van der Waals surface area contributed by atoms with Crippen molar-refractivity contribution in [3.8, 4) is 5.75 Å². The van der Waals surface area contributed by atoms with E-state index in [4.69, 9.17) is 9.47 Å². The topological polar surface area (TPSA) is 103 Å². The van der Waals surface area contributed by atoms with Crippen LogP contribution in [0.25, 0.3) is 0 Å². The zero-order valence-electron chi connectivity index (χ0n) is 14.1. The monoisotopic (exact) mass is 342 g/mol. The average Bonchev–Trinajstić information content (AvgIpc) is 2.55. The maximum Gasteiger partial charge on any atom is 0.294 e. The highest BCUT2D eigenvalue weighted by Gasteiger charge is 2.06. The molecule has 0 fully saturated rings. The van der Waals surface area contributed by atoms with Gasteiger partial charge in [0.25, 0.3) is 5.09 Å². The zero-order chi connectivity index (χ0) is 17.8. The molecular weight excluding hydrogens is 316 g/mol. The third-order valence-electron chi connectivity index (χ3n) is 3.03. The highest BCUT2D eigenvalue weighted by Crippen LogP contribution is 2.13. The van der Waals surface area contributed by atoms with Gasteiger partial charge in [0.15, 0.2) is 0 Å². The molecule has 0 aliphatic heterocycles. The predicted molar refractivity (Wildman–Crippen MR) is 88.3 cm³/mol.